The van der Waals surface area contributed by atoms with E-state index in [9.17, 15) is 17.6 Å². The lowest BCUT2D eigenvalue weighted by atomic mass is 10.1. The molecule has 1 aromatic heterocycles. The summed E-state index contributed by atoms with van der Waals surface area (Å²) < 4.78 is 45.6. The van der Waals surface area contributed by atoms with Crippen LogP contribution in [0.15, 0.2) is 59.6 Å². The highest BCUT2D eigenvalue weighted by Gasteiger charge is 2.39. The van der Waals surface area contributed by atoms with Gasteiger partial charge in [0.25, 0.3) is 0 Å². The van der Waals surface area contributed by atoms with Gasteiger partial charge in [-0.05, 0) is 54.8 Å². The van der Waals surface area contributed by atoms with Gasteiger partial charge in [0.15, 0.2) is 5.13 Å². The highest BCUT2D eigenvalue weighted by molar-refractivity contribution is 7.89. The van der Waals surface area contributed by atoms with E-state index in [4.69, 9.17) is 4.74 Å². The monoisotopic (exact) mass is 475 g/mol. The fourth-order valence-corrected chi connectivity index (χ4v) is 6.16. The van der Waals surface area contributed by atoms with Crippen LogP contribution in [-0.2, 0) is 21.2 Å². The molecular formula is C22H22FN3O4S2. The minimum Gasteiger partial charge on any atom is -0.497 e. The van der Waals surface area contributed by atoms with Crippen molar-refractivity contribution >= 4 is 32.4 Å². The standard InChI is InChI=1S/C22H22FN3O4S2/c1-30-17-5-2-4-15(12-17)13-18-14-24-22(31-18)25-21(27)20-6-3-11-26(20)32(28,29)19-9-7-16(23)8-10-19/h2,4-5,7-10,12,14,20H,3,6,11,13H2,1H3,(H,24,25,27). The number of sulfonamides is 1. The van der Waals surface area contributed by atoms with E-state index < -0.39 is 27.8 Å². The second kappa shape index (κ2) is 9.35. The van der Waals surface area contributed by atoms with Crippen molar-refractivity contribution in [2.75, 3.05) is 19.0 Å². The third-order valence-electron chi connectivity index (χ3n) is 5.22. The highest BCUT2D eigenvalue weighted by atomic mass is 32.2. The topological polar surface area (TPSA) is 88.6 Å². The van der Waals surface area contributed by atoms with Crippen LogP contribution in [-0.4, -0.2) is 43.3 Å². The van der Waals surface area contributed by atoms with E-state index in [1.165, 1.54) is 27.8 Å². The molecular weight excluding hydrogens is 453 g/mol. The molecule has 1 amide bonds. The van der Waals surface area contributed by atoms with Crippen LogP contribution in [0.4, 0.5) is 9.52 Å². The van der Waals surface area contributed by atoms with Gasteiger partial charge in [-0.1, -0.05) is 12.1 Å². The Balaban J connectivity index is 1.45. The van der Waals surface area contributed by atoms with Gasteiger partial charge in [-0.25, -0.2) is 17.8 Å². The van der Waals surface area contributed by atoms with Crippen LogP contribution in [0.5, 0.6) is 5.75 Å². The number of hydrogen-bond acceptors (Lipinski definition) is 6. The smallest absolute Gasteiger partial charge is 0.244 e. The number of nitrogens with one attached hydrogen (secondary N) is 1. The van der Waals surface area contributed by atoms with Crippen LogP contribution >= 0.6 is 11.3 Å². The van der Waals surface area contributed by atoms with Gasteiger partial charge < -0.3 is 10.1 Å². The van der Waals surface area contributed by atoms with Crippen LogP contribution < -0.4 is 10.1 Å². The molecule has 0 bridgehead atoms. The molecule has 7 nitrogen and oxygen atoms in total. The molecule has 32 heavy (non-hydrogen) atoms. The Morgan fingerprint density at radius 2 is 2.06 bits per heavy atom. The molecule has 2 heterocycles. The summed E-state index contributed by atoms with van der Waals surface area (Å²) in [6.07, 6.45) is 3.31. The lowest BCUT2D eigenvalue weighted by Gasteiger charge is -2.23. The van der Waals surface area contributed by atoms with E-state index in [-0.39, 0.29) is 11.4 Å². The second-order valence-electron chi connectivity index (χ2n) is 7.38. The van der Waals surface area contributed by atoms with Gasteiger partial charge in [0.1, 0.15) is 17.6 Å². The Hall–Kier alpha value is -2.82. The minimum absolute atomic E-state index is 0.0339. The minimum atomic E-state index is -3.91. The molecule has 1 aliphatic rings. The molecule has 0 radical (unpaired) electrons. The summed E-state index contributed by atoms with van der Waals surface area (Å²) >= 11 is 1.34. The van der Waals surface area contributed by atoms with Crippen molar-refractivity contribution < 1.29 is 22.3 Å². The molecule has 10 heteroatoms. The molecule has 4 rings (SSSR count). The Labute approximate surface area is 189 Å². The molecule has 2 aromatic carbocycles. The van der Waals surface area contributed by atoms with Gasteiger partial charge in [-0.3, -0.25) is 4.79 Å². The fraction of sp³-hybridized carbons (Fsp3) is 0.273. The van der Waals surface area contributed by atoms with E-state index in [2.05, 4.69) is 10.3 Å². The molecule has 0 aliphatic carbocycles. The van der Waals surface area contributed by atoms with Crippen molar-refractivity contribution in [3.05, 3.63) is 71.0 Å². The maximum absolute atomic E-state index is 13.2. The zero-order valence-electron chi connectivity index (χ0n) is 17.3. The molecule has 0 saturated carbocycles. The third kappa shape index (κ3) is 4.82. The number of carbonyl (C=O) groups is 1. The lowest BCUT2D eigenvalue weighted by Crippen LogP contribution is -2.43. The number of halogens is 1. The van der Waals surface area contributed by atoms with Gasteiger partial charge in [-0.2, -0.15) is 4.31 Å². The number of amides is 1. The van der Waals surface area contributed by atoms with Crippen LogP contribution in [0, 0.1) is 5.82 Å². The number of thiazole rings is 1. The van der Waals surface area contributed by atoms with Crippen molar-refractivity contribution in [2.24, 2.45) is 0 Å². The number of anilines is 1. The van der Waals surface area contributed by atoms with E-state index in [1.807, 2.05) is 24.3 Å². The first kappa shape index (κ1) is 22.4. The van der Waals surface area contributed by atoms with Crippen molar-refractivity contribution in [1.82, 2.24) is 9.29 Å². The SMILES string of the molecule is COc1cccc(Cc2cnc(NC(=O)C3CCCN3S(=O)(=O)c3ccc(F)cc3)s2)c1. The molecule has 1 fully saturated rings. The zero-order chi connectivity index (χ0) is 22.7. The summed E-state index contributed by atoms with van der Waals surface area (Å²) in [5, 5.41) is 3.17. The molecule has 3 aromatic rings. The van der Waals surface area contributed by atoms with Crippen molar-refractivity contribution in [2.45, 2.75) is 30.2 Å². The van der Waals surface area contributed by atoms with Crippen molar-refractivity contribution in [3.63, 3.8) is 0 Å². The number of nitrogens with zero attached hydrogens (tertiary/aromatic N) is 2. The lowest BCUT2D eigenvalue weighted by molar-refractivity contribution is -0.119. The summed E-state index contributed by atoms with van der Waals surface area (Å²) in [4.78, 5) is 18.1. The van der Waals surface area contributed by atoms with Gasteiger partial charge >= 0.3 is 0 Å². The average Bonchev–Trinajstić information content (AvgIpc) is 3.44. The molecule has 168 valence electrons. The number of methoxy groups -OCH3 is 1. The van der Waals surface area contributed by atoms with Crippen LogP contribution in [0.3, 0.4) is 0 Å². The summed E-state index contributed by atoms with van der Waals surface area (Å²) in [7, 11) is -2.29. The van der Waals surface area contributed by atoms with Crippen LogP contribution in [0.1, 0.15) is 23.3 Å². The Bertz CT molecular complexity index is 1210. The number of aromatic nitrogens is 1. The number of benzene rings is 2. The van der Waals surface area contributed by atoms with E-state index in [0.717, 1.165) is 28.3 Å². The largest absolute Gasteiger partial charge is 0.497 e. The van der Waals surface area contributed by atoms with Gasteiger partial charge in [0, 0.05) is 24.0 Å². The van der Waals surface area contributed by atoms with Gasteiger partial charge in [0.05, 0.1) is 12.0 Å². The number of ether oxygens (including phenoxy) is 1. The second-order valence-corrected chi connectivity index (χ2v) is 10.4. The summed E-state index contributed by atoms with van der Waals surface area (Å²) in [6.45, 7) is 0.233. The van der Waals surface area contributed by atoms with E-state index in [1.54, 1.807) is 13.3 Å². The third-order valence-corrected chi connectivity index (χ3v) is 8.06. The van der Waals surface area contributed by atoms with Gasteiger partial charge in [-0.15, -0.1) is 11.3 Å². The van der Waals surface area contributed by atoms with Gasteiger partial charge in [0.2, 0.25) is 15.9 Å². The number of hydrogen-bond donors (Lipinski definition) is 1. The highest BCUT2D eigenvalue weighted by Crippen LogP contribution is 2.28. The molecule has 1 atom stereocenters. The molecule has 1 saturated heterocycles. The first-order valence-electron chi connectivity index (χ1n) is 10.0. The maximum Gasteiger partial charge on any atom is 0.244 e. The van der Waals surface area contributed by atoms with Crippen LogP contribution in [0.2, 0.25) is 0 Å². The van der Waals surface area contributed by atoms with E-state index in [0.29, 0.717) is 24.4 Å². The number of rotatable bonds is 7. The Morgan fingerprint density at radius 1 is 1.28 bits per heavy atom. The average molecular weight is 476 g/mol. The predicted octanol–water partition coefficient (Wildman–Crippen LogP) is 3.67. The van der Waals surface area contributed by atoms with Crippen molar-refractivity contribution in [3.8, 4) is 5.75 Å². The summed E-state index contributed by atoms with van der Waals surface area (Å²) in [6, 6.07) is 11.5. The predicted molar refractivity (Wildman–Crippen MR) is 120 cm³/mol. The fourth-order valence-electron chi connectivity index (χ4n) is 3.65. The maximum atomic E-state index is 13.2. The Kier molecular flexibility index (Phi) is 6.54. The molecule has 1 unspecified atom stereocenters. The quantitative estimate of drug-likeness (QED) is 0.563. The molecule has 0 spiro atoms. The molecule has 1 aliphatic heterocycles. The van der Waals surface area contributed by atoms with Crippen LogP contribution in [0.25, 0.3) is 0 Å². The Morgan fingerprint density at radius 3 is 2.81 bits per heavy atom. The zero-order valence-corrected chi connectivity index (χ0v) is 19.0. The number of carbonyl (C=O) groups excluding carboxylic acids is 1. The molecule has 1 N–H and O–H groups in total. The summed E-state index contributed by atoms with van der Waals surface area (Å²) in [5.41, 5.74) is 1.05. The first-order valence-corrected chi connectivity index (χ1v) is 12.3. The normalized spacial score (nSPS) is 16.8. The summed E-state index contributed by atoms with van der Waals surface area (Å²) in [5.74, 6) is -0.173. The van der Waals surface area contributed by atoms with Crippen molar-refractivity contribution in [1.29, 1.82) is 0 Å². The van der Waals surface area contributed by atoms with E-state index >= 15 is 0 Å². The first-order chi connectivity index (χ1) is 15.4.